The molecule has 1 aliphatic carbocycles. The van der Waals surface area contributed by atoms with E-state index in [2.05, 4.69) is 84.5 Å². The summed E-state index contributed by atoms with van der Waals surface area (Å²) in [6.45, 7) is 8.61. The third kappa shape index (κ3) is 3.47. The quantitative estimate of drug-likeness (QED) is 0.602. The first kappa shape index (κ1) is 22.5. The van der Waals surface area contributed by atoms with Gasteiger partial charge in [-0.05, 0) is 54.5 Å². The number of hydrogen-bond acceptors (Lipinski definition) is 6. The predicted molar refractivity (Wildman–Crippen MR) is 135 cm³/mol. The van der Waals surface area contributed by atoms with E-state index in [0.717, 1.165) is 58.9 Å². The molecule has 6 nitrogen and oxygen atoms in total. The van der Waals surface area contributed by atoms with Crippen molar-refractivity contribution < 1.29 is 4.79 Å². The Morgan fingerprint density at radius 2 is 1.91 bits per heavy atom. The maximum Gasteiger partial charge on any atom is 0.164 e. The van der Waals surface area contributed by atoms with Gasteiger partial charge in [0, 0.05) is 41.7 Å². The lowest BCUT2D eigenvalue weighted by Gasteiger charge is -2.48. The van der Waals surface area contributed by atoms with Gasteiger partial charge in [-0.3, -0.25) is 4.79 Å². The number of fused-ring (bicyclic) bond motifs is 1. The van der Waals surface area contributed by atoms with E-state index in [1.54, 1.807) is 0 Å². The average molecular weight is 456 g/mol. The zero-order chi connectivity index (χ0) is 24.1. The highest BCUT2D eigenvalue weighted by Crippen LogP contribution is 2.54. The molecule has 2 aliphatic heterocycles. The number of pyridine rings is 1. The first-order chi connectivity index (χ1) is 16.3. The lowest BCUT2D eigenvalue weighted by Crippen LogP contribution is -2.51. The maximum absolute atomic E-state index is 13.7. The molecule has 5 rings (SSSR count). The number of carbonyl (C=O) groups is 1. The molecule has 1 unspecified atom stereocenters. The summed E-state index contributed by atoms with van der Waals surface area (Å²) in [5.74, 6) is 1.13. The van der Waals surface area contributed by atoms with Crippen molar-refractivity contribution in [2.45, 2.75) is 65.0 Å². The van der Waals surface area contributed by atoms with Crippen LogP contribution in [0.4, 0.5) is 11.5 Å². The van der Waals surface area contributed by atoms with Crippen molar-refractivity contribution >= 4 is 17.3 Å². The van der Waals surface area contributed by atoms with Gasteiger partial charge < -0.3 is 10.2 Å². The average Bonchev–Trinajstić information content (AvgIpc) is 3.30. The molecular weight excluding hydrogens is 422 g/mol. The first-order valence-electron chi connectivity index (χ1n) is 12.2. The number of hydrogen-bond donors (Lipinski definition) is 1. The van der Waals surface area contributed by atoms with Crippen LogP contribution in [0.25, 0.3) is 0 Å². The molecule has 3 aliphatic rings. The van der Waals surface area contributed by atoms with Gasteiger partial charge in [0.2, 0.25) is 0 Å². The van der Waals surface area contributed by atoms with Gasteiger partial charge in [0.15, 0.2) is 11.9 Å². The number of ketones is 1. The van der Waals surface area contributed by atoms with Crippen molar-refractivity contribution in [1.82, 2.24) is 10.3 Å². The molecule has 176 valence electrons. The van der Waals surface area contributed by atoms with Gasteiger partial charge in [-0.15, -0.1) is 0 Å². The molecule has 1 aromatic heterocycles. The highest BCUT2D eigenvalue weighted by atomic mass is 16.1. The topological polar surface area (TPSA) is 70.0 Å². The summed E-state index contributed by atoms with van der Waals surface area (Å²) in [5.41, 5.74) is 5.59. The Hall–Kier alpha value is -3.28. The van der Waals surface area contributed by atoms with Crippen molar-refractivity contribution in [3.8, 4) is 0 Å². The molecule has 0 radical (unpaired) electrons. The molecule has 0 bridgehead atoms. The van der Waals surface area contributed by atoms with Gasteiger partial charge in [0.1, 0.15) is 5.82 Å². The van der Waals surface area contributed by atoms with Crippen LogP contribution in [0.5, 0.6) is 0 Å². The molecule has 2 aromatic rings. The molecule has 3 heterocycles. The number of anilines is 2. The van der Waals surface area contributed by atoms with E-state index in [9.17, 15) is 4.79 Å². The Morgan fingerprint density at radius 3 is 2.68 bits per heavy atom. The van der Waals surface area contributed by atoms with Gasteiger partial charge in [-0.25, -0.2) is 4.98 Å². The summed E-state index contributed by atoms with van der Waals surface area (Å²) in [5, 5.41) is 12.3. The number of nitrogens with zero attached hydrogens (tertiary/aromatic N) is 4. The second-order valence-electron chi connectivity index (χ2n) is 10.4. The van der Waals surface area contributed by atoms with Crippen molar-refractivity contribution in [3.05, 3.63) is 76.8 Å². The smallest absolute Gasteiger partial charge is 0.164 e. The number of nitrogens with one attached hydrogen (secondary N) is 1. The number of azo groups is 1. The third-order valence-corrected chi connectivity index (χ3v) is 7.53. The van der Waals surface area contributed by atoms with Crippen LogP contribution in [0.3, 0.4) is 0 Å². The Balaban J connectivity index is 1.66. The predicted octanol–water partition coefficient (Wildman–Crippen LogP) is 5.98. The lowest BCUT2D eigenvalue weighted by atomic mass is 9.59. The molecule has 0 amide bonds. The van der Waals surface area contributed by atoms with E-state index in [1.165, 1.54) is 0 Å². The Morgan fingerprint density at radius 1 is 1.12 bits per heavy atom. The number of aryl methyl sites for hydroxylation is 1. The van der Waals surface area contributed by atoms with Crippen LogP contribution in [0, 0.1) is 5.41 Å². The minimum Gasteiger partial charge on any atom is -0.362 e. The molecule has 1 aromatic carbocycles. The van der Waals surface area contributed by atoms with E-state index in [4.69, 9.17) is 4.98 Å². The second-order valence-corrected chi connectivity index (χ2v) is 10.4. The van der Waals surface area contributed by atoms with E-state index in [-0.39, 0.29) is 17.4 Å². The van der Waals surface area contributed by atoms with Crippen molar-refractivity contribution in [2.75, 3.05) is 11.9 Å². The Kier molecular flexibility index (Phi) is 5.42. The standard InChI is InChI=1S/C28H33N5O/c1-6-19-11-9-13-24(30-19)33(5)20-12-8-10-18(14-20)28(7-2)21-17-29-32-26(21)31-22-15-27(3,4)16-23(34)25(22)28/h8-14,17,26,31H,6-7,15-16H2,1-5H3/t26?,28-/m1/s1. The molecule has 6 heteroatoms. The number of Topliss-reactive ketones (excluding diaryl/α,β-unsaturated/α-hetero) is 1. The van der Waals surface area contributed by atoms with Crippen LogP contribution in [0.1, 0.15) is 58.2 Å². The van der Waals surface area contributed by atoms with Crippen molar-refractivity contribution in [2.24, 2.45) is 15.6 Å². The van der Waals surface area contributed by atoms with E-state index >= 15 is 0 Å². The normalized spacial score (nSPS) is 24.9. The number of allylic oxidation sites excluding steroid dienone is 2. The van der Waals surface area contributed by atoms with E-state index < -0.39 is 5.41 Å². The van der Waals surface area contributed by atoms with Crippen LogP contribution < -0.4 is 10.2 Å². The largest absolute Gasteiger partial charge is 0.362 e. The van der Waals surface area contributed by atoms with Crippen molar-refractivity contribution in [3.63, 3.8) is 0 Å². The molecule has 34 heavy (non-hydrogen) atoms. The highest BCUT2D eigenvalue weighted by molar-refractivity contribution is 6.01. The summed E-state index contributed by atoms with van der Waals surface area (Å²) in [4.78, 5) is 20.6. The SMILES string of the molecule is CCc1cccc(N(C)c2cccc([C@]3(CC)C4=CN=NC4NC4=C3C(=O)CC(C)(C)C4)c2)n1. The Bertz CT molecular complexity index is 1240. The fourth-order valence-electron chi connectivity index (χ4n) is 5.85. The van der Waals surface area contributed by atoms with Gasteiger partial charge in [0.05, 0.1) is 11.6 Å². The second kappa shape index (κ2) is 8.19. The molecule has 2 atom stereocenters. The van der Waals surface area contributed by atoms with E-state index in [0.29, 0.717) is 6.42 Å². The van der Waals surface area contributed by atoms with Gasteiger partial charge in [-0.1, -0.05) is 45.9 Å². The fraction of sp³-hybridized carbons (Fsp3) is 0.429. The monoisotopic (exact) mass is 455 g/mol. The molecule has 0 saturated carbocycles. The van der Waals surface area contributed by atoms with Crippen LogP contribution in [-0.2, 0) is 16.6 Å². The Labute approximate surface area is 201 Å². The molecule has 0 spiro atoms. The lowest BCUT2D eigenvalue weighted by molar-refractivity contribution is -0.119. The summed E-state index contributed by atoms with van der Waals surface area (Å²) in [6, 6.07) is 14.7. The number of benzene rings is 1. The molecule has 1 N–H and O–H groups in total. The van der Waals surface area contributed by atoms with Crippen LogP contribution in [-0.4, -0.2) is 24.0 Å². The maximum atomic E-state index is 13.7. The zero-order valence-corrected chi connectivity index (χ0v) is 20.7. The highest BCUT2D eigenvalue weighted by Gasteiger charge is 2.53. The summed E-state index contributed by atoms with van der Waals surface area (Å²) in [7, 11) is 2.04. The summed E-state index contributed by atoms with van der Waals surface area (Å²) in [6.07, 6.45) is 4.69. The minimum atomic E-state index is -0.544. The van der Waals surface area contributed by atoms with Gasteiger partial charge >= 0.3 is 0 Å². The summed E-state index contributed by atoms with van der Waals surface area (Å²) < 4.78 is 0. The minimum absolute atomic E-state index is 0.0720. The number of aromatic nitrogens is 1. The molecular formula is C28H33N5O. The first-order valence-corrected chi connectivity index (χ1v) is 12.2. The molecule has 0 fully saturated rings. The third-order valence-electron chi connectivity index (χ3n) is 7.53. The number of rotatable bonds is 5. The van der Waals surface area contributed by atoms with Crippen LogP contribution >= 0.6 is 0 Å². The van der Waals surface area contributed by atoms with Crippen LogP contribution in [0.2, 0.25) is 0 Å². The summed E-state index contributed by atoms with van der Waals surface area (Å²) >= 11 is 0. The van der Waals surface area contributed by atoms with Crippen LogP contribution in [0.15, 0.2) is 75.7 Å². The molecule has 0 saturated heterocycles. The fourth-order valence-corrected chi connectivity index (χ4v) is 5.85. The zero-order valence-electron chi connectivity index (χ0n) is 20.7. The van der Waals surface area contributed by atoms with E-state index in [1.807, 2.05) is 19.3 Å². The number of carbonyl (C=O) groups excluding carboxylic acids is 1. The van der Waals surface area contributed by atoms with Gasteiger partial charge in [0.25, 0.3) is 0 Å². The van der Waals surface area contributed by atoms with Crippen molar-refractivity contribution in [1.29, 1.82) is 0 Å². The van der Waals surface area contributed by atoms with Gasteiger partial charge in [-0.2, -0.15) is 10.2 Å².